The molecule has 1 aromatic carbocycles. The molecule has 1 unspecified atom stereocenters. The summed E-state index contributed by atoms with van der Waals surface area (Å²) in [6, 6.07) is 2.03. The van der Waals surface area contributed by atoms with E-state index in [0.717, 1.165) is 31.4 Å². The molecule has 0 aliphatic carbocycles. The van der Waals surface area contributed by atoms with Crippen molar-refractivity contribution in [2.45, 2.75) is 71.1 Å². The number of amides is 1. The minimum absolute atomic E-state index is 0.0237. The minimum Gasteiger partial charge on any atom is -0.399 e. The Hall–Kier alpha value is -1.47. The number of carbonyl (C=O) groups is 1. The fourth-order valence-corrected chi connectivity index (χ4v) is 3.43. The highest BCUT2D eigenvalue weighted by Crippen LogP contribution is 2.36. The number of benzene rings is 1. The van der Waals surface area contributed by atoms with Crippen molar-refractivity contribution >= 4 is 18.5 Å². The number of rotatable bonds is 2. The molecule has 7 heteroatoms. The van der Waals surface area contributed by atoms with Gasteiger partial charge in [-0.25, -0.2) is 8.78 Å². The second-order valence-corrected chi connectivity index (χ2v) is 8.29. The largest absolute Gasteiger partial charge is 0.497 e. The van der Waals surface area contributed by atoms with Gasteiger partial charge < -0.3 is 14.2 Å². The van der Waals surface area contributed by atoms with Gasteiger partial charge >= 0.3 is 7.12 Å². The van der Waals surface area contributed by atoms with Gasteiger partial charge in [0.15, 0.2) is 0 Å². The predicted molar refractivity (Wildman–Crippen MR) is 96.4 cm³/mol. The van der Waals surface area contributed by atoms with Gasteiger partial charge in [0, 0.05) is 18.0 Å². The maximum atomic E-state index is 14.7. The van der Waals surface area contributed by atoms with Gasteiger partial charge in [-0.3, -0.25) is 4.79 Å². The monoisotopic (exact) mass is 365 g/mol. The average molecular weight is 365 g/mol. The number of carbonyl (C=O) groups excluding carboxylic acids is 1. The molecule has 2 aliphatic rings. The van der Waals surface area contributed by atoms with Crippen LogP contribution in [0.2, 0.25) is 0 Å². The first kappa shape index (κ1) is 19.3. The van der Waals surface area contributed by atoms with Crippen molar-refractivity contribution in [3.8, 4) is 0 Å². The summed E-state index contributed by atoms with van der Waals surface area (Å²) in [4.78, 5) is 14.3. The molecule has 3 rings (SSSR count). The first-order valence-corrected chi connectivity index (χ1v) is 9.19. The van der Waals surface area contributed by atoms with E-state index >= 15 is 0 Å². The van der Waals surface area contributed by atoms with Crippen LogP contribution in [0.25, 0.3) is 0 Å². The Bertz CT molecular complexity index is 707. The molecule has 2 aliphatic heterocycles. The maximum absolute atomic E-state index is 14.7. The van der Waals surface area contributed by atoms with Gasteiger partial charge in [-0.2, -0.15) is 0 Å². The summed E-state index contributed by atoms with van der Waals surface area (Å²) >= 11 is 0. The van der Waals surface area contributed by atoms with Gasteiger partial charge in [-0.05, 0) is 66.0 Å². The van der Waals surface area contributed by atoms with Crippen molar-refractivity contribution in [1.82, 2.24) is 4.90 Å². The lowest BCUT2D eigenvalue weighted by Crippen LogP contribution is -2.43. The fourth-order valence-electron chi connectivity index (χ4n) is 3.43. The van der Waals surface area contributed by atoms with Gasteiger partial charge in [0.25, 0.3) is 5.91 Å². The predicted octanol–water partition coefficient (Wildman–Crippen LogP) is 3.28. The Labute approximate surface area is 154 Å². The Morgan fingerprint density at radius 2 is 1.73 bits per heavy atom. The average Bonchev–Trinajstić information content (AvgIpc) is 2.77. The van der Waals surface area contributed by atoms with Crippen LogP contribution in [0.1, 0.15) is 64.2 Å². The second-order valence-electron chi connectivity index (χ2n) is 8.29. The van der Waals surface area contributed by atoms with Crippen LogP contribution in [0.4, 0.5) is 8.78 Å². The highest BCUT2D eigenvalue weighted by atomic mass is 19.1. The Kier molecular flexibility index (Phi) is 4.90. The van der Waals surface area contributed by atoms with E-state index in [-0.39, 0.29) is 17.1 Å². The van der Waals surface area contributed by atoms with Crippen molar-refractivity contribution in [2.24, 2.45) is 0 Å². The Morgan fingerprint density at radius 3 is 2.31 bits per heavy atom. The molecular weight excluding hydrogens is 339 g/mol. The van der Waals surface area contributed by atoms with Crippen molar-refractivity contribution in [1.29, 1.82) is 0 Å². The highest BCUT2D eigenvalue weighted by molar-refractivity contribution is 6.62. The van der Waals surface area contributed by atoms with E-state index in [4.69, 9.17) is 9.31 Å². The van der Waals surface area contributed by atoms with Crippen LogP contribution in [0, 0.1) is 11.6 Å². The van der Waals surface area contributed by atoms with E-state index in [9.17, 15) is 13.6 Å². The fraction of sp³-hybridized carbons (Fsp3) is 0.632. The molecule has 26 heavy (non-hydrogen) atoms. The number of piperidine rings is 1. The molecule has 142 valence electrons. The lowest BCUT2D eigenvalue weighted by atomic mass is 9.78. The van der Waals surface area contributed by atoms with Crippen LogP contribution in [-0.4, -0.2) is 41.7 Å². The molecule has 1 atom stereocenters. The molecule has 2 heterocycles. The van der Waals surface area contributed by atoms with Crippen LogP contribution >= 0.6 is 0 Å². The zero-order valence-corrected chi connectivity index (χ0v) is 16.1. The van der Waals surface area contributed by atoms with E-state index in [1.54, 1.807) is 4.90 Å². The van der Waals surface area contributed by atoms with Gasteiger partial charge in [0.1, 0.15) is 11.6 Å². The van der Waals surface area contributed by atoms with E-state index in [0.29, 0.717) is 6.54 Å². The van der Waals surface area contributed by atoms with Crippen molar-refractivity contribution in [3.63, 3.8) is 0 Å². The molecule has 0 bridgehead atoms. The van der Waals surface area contributed by atoms with E-state index < -0.39 is 35.9 Å². The highest BCUT2D eigenvalue weighted by Gasteiger charge is 2.52. The van der Waals surface area contributed by atoms with Gasteiger partial charge in [-0.15, -0.1) is 0 Å². The Morgan fingerprint density at radius 1 is 1.12 bits per heavy atom. The molecule has 0 N–H and O–H groups in total. The first-order valence-electron chi connectivity index (χ1n) is 9.19. The summed E-state index contributed by atoms with van der Waals surface area (Å²) < 4.78 is 41.0. The topological polar surface area (TPSA) is 38.8 Å². The molecule has 0 saturated carbocycles. The molecule has 4 nitrogen and oxygen atoms in total. The molecule has 2 saturated heterocycles. The number of likely N-dealkylation sites (tertiary alicyclic amines) is 1. The van der Waals surface area contributed by atoms with Crippen LogP contribution in [-0.2, 0) is 9.31 Å². The van der Waals surface area contributed by atoms with Crippen molar-refractivity contribution in [2.75, 3.05) is 6.54 Å². The number of nitrogens with zero attached hydrogens (tertiary/aromatic N) is 1. The summed E-state index contributed by atoms with van der Waals surface area (Å²) in [5, 5.41) is 0. The van der Waals surface area contributed by atoms with Crippen LogP contribution in [0.5, 0.6) is 0 Å². The summed E-state index contributed by atoms with van der Waals surface area (Å²) in [5.74, 6) is -1.91. The number of hydrogen-bond acceptors (Lipinski definition) is 3. The van der Waals surface area contributed by atoms with Gasteiger partial charge in [0.2, 0.25) is 0 Å². The van der Waals surface area contributed by atoms with Crippen LogP contribution in [0.15, 0.2) is 12.1 Å². The lowest BCUT2D eigenvalue weighted by molar-refractivity contribution is 0.00578. The second kappa shape index (κ2) is 6.61. The Balaban J connectivity index is 1.89. The summed E-state index contributed by atoms with van der Waals surface area (Å²) in [7, 11) is -1.01. The molecule has 0 spiro atoms. The normalized spacial score (nSPS) is 24.8. The van der Waals surface area contributed by atoms with Crippen LogP contribution in [0.3, 0.4) is 0 Å². The van der Waals surface area contributed by atoms with E-state index in [1.807, 2.05) is 34.6 Å². The molecule has 1 aromatic rings. The summed E-state index contributed by atoms with van der Waals surface area (Å²) in [6.07, 6.45) is 2.80. The van der Waals surface area contributed by atoms with Gasteiger partial charge in [-0.1, -0.05) is 0 Å². The molecule has 2 fully saturated rings. The van der Waals surface area contributed by atoms with Crippen molar-refractivity contribution in [3.05, 3.63) is 29.3 Å². The van der Waals surface area contributed by atoms with Gasteiger partial charge in [0.05, 0.1) is 16.8 Å². The minimum atomic E-state index is -1.01. The molecule has 0 aromatic heterocycles. The number of halogens is 2. The van der Waals surface area contributed by atoms with Crippen LogP contribution < -0.4 is 5.46 Å². The summed E-state index contributed by atoms with van der Waals surface area (Å²) in [5.41, 5.74) is -1.57. The molecule has 1 amide bonds. The smallest absolute Gasteiger partial charge is 0.399 e. The van der Waals surface area contributed by atoms with E-state index in [2.05, 4.69) is 0 Å². The molecular formula is C19H26BF2NO3. The lowest BCUT2D eigenvalue weighted by Gasteiger charge is -2.33. The van der Waals surface area contributed by atoms with Crippen molar-refractivity contribution < 1.29 is 22.9 Å². The zero-order chi connectivity index (χ0) is 19.3. The summed E-state index contributed by atoms with van der Waals surface area (Å²) in [6.45, 7) is 9.88. The van der Waals surface area contributed by atoms with E-state index in [1.165, 1.54) is 0 Å². The standard InChI is InChI=1S/C19H26BF2NO3/c1-12-8-6-7-9-23(12)17(24)13-10-16(22)14(11-15(13)21)20-25-18(2,3)19(4,5)26-20/h10-12H,6-9H2,1-5H3. The zero-order valence-electron chi connectivity index (χ0n) is 16.1. The maximum Gasteiger partial charge on any atom is 0.497 e. The third-order valence-corrected chi connectivity index (χ3v) is 5.89. The molecule has 0 radical (unpaired) electrons. The SMILES string of the molecule is CC1CCCCN1C(=O)c1cc(F)c(B2OC(C)(C)C(C)(C)O2)cc1F. The third kappa shape index (κ3) is 3.27. The number of hydrogen-bond donors (Lipinski definition) is 0. The third-order valence-electron chi connectivity index (χ3n) is 5.89. The first-order chi connectivity index (χ1) is 12.0. The quantitative estimate of drug-likeness (QED) is 0.755.